The summed E-state index contributed by atoms with van der Waals surface area (Å²) in [5.41, 5.74) is 2.45. The minimum atomic E-state index is -0.894. The van der Waals surface area contributed by atoms with Crippen molar-refractivity contribution < 1.29 is 19.1 Å². The average molecular weight is 507 g/mol. The quantitative estimate of drug-likeness (QED) is 0.442. The highest BCUT2D eigenvalue weighted by molar-refractivity contribution is 9.10. The lowest BCUT2D eigenvalue weighted by Gasteiger charge is -2.28. The summed E-state index contributed by atoms with van der Waals surface area (Å²) in [6.45, 7) is 1.96. The summed E-state index contributed by atoms with van der Waals surface area (Å²) < 4.78 is 6.49. The van der Waals surface area contributed by atoms with E-state index in [4.69, 9.17) is 4.74 Å². The van der Waals surface area contributed by atoms with Crippen molar-refractivity contribution in [2.45, 2.75) is 25.9 Å². The van der Waals surface area contributed by atoms with Crippen molar-refractivity contribution in [2.75, 3.05) is 11.5 Å². The van der Waals surface area contributed by atoms with Gasteiger partial charge in [0.05, 0.1) is 12.1 Å². The maximum Gasteiger partial charge on any atom is 0.261 e. The molecule has 0 aromatic heterocycles. The lowest BCUT2D eigenvalue weighted by molar-refractivity contribution is -0.140. The summed E-state index contributed by atoms with van der Waals surface area (Å²) >= 11 is 3.36. The number of halogens is 1. The Bertz CT molecular complexity index is 1150. The minimum absolute atomic E-state index is 0.0716. The van der Waals surface area contributed by atoms with Crippen LogP contribution < -0.4 is 9.64 Å². The van der Waals surface area contributed by atoms with E-state index in [2.05, 4.69) is 15.9 Å². The van der Waals surface area contributed by atoms with Crippen molar-refractivity contribution in [3.63, 3.8) is 0 Å². The standard InChI is InChI=1S/C26H23BrN2O4/c1-18-7-9-19(10-8-18)16-28(25(31)17-33-22-5-3-2-4-6-22)23-15-24(30)29(26(23)32)21-13-11-20(27)12-14-21/h2-14,23H,15-17H2,1H3. The van der Waals surface area contributed by atoms with Crippen LogP contribution in [0.15, 0.2) is 83.3 Å². The molecule has 7 heteroatoms. The Morgan fingerprint density at radius 2 is 1.67 bits per heavy atom. The van der Waals surface area contributed by atoms with Gasteiger partial charge in [-0.2, -0.15) is 0 Å². The van der Waals surface area contributed by atoms with E-state index in [1.54, 1.807) is 36.4 Å². The highest BCUT2D eigenvalue weighted by atomic mass is 79.9. The van der Waals surface area contributed by atoms with Gasteiger partial charge in [-0.05, 0) is 48.9 Å². The van der Waals surface area contributed by atoms with E-state index in [-0.39, 0.29) is 31.4 Å². The Morgan fingerprint density at radius 1 is 1.00 bits per heavy atom. The first-order valence-corrected chi connectivity index (χ1v) is 11.4. The molecule has 3 aromatic carbocycles. The van der Waals surface area contributed by atoms with Crippen LogP contribution in [0.4, 0.5) is 5.69 Å². The first-order valence-electron chi connectivity index (χ1n) is 10.6. The zero-order valence-corrected chi connectivity index (χ0v) is 19.7. The highest BCUT2D eigenvalue weighted by Gasteiger charge is 2.44. The molecule has 0 spiro atoms. The van der Waals surface area contributed by atoms with Crippen LogP contribution >= 0.6 is 15.9 Å². The van der Waals surface area contributed by atoms with Crippen molar-refractivity contribution in [1.82, 2.24) is 4.90 Å². The van der Waals surface area contributed by atoms with Gasteiger partial charge in [0, 0.05) is 11.0 Å². The molecule has 0 saturated carbocycles. The van der Waals surface area contributed by atoms with E-state index >= 15 is 0 Å². The molecule has 3 aromatic rings. The number of hydrogen-bond acceptors (Lipinski definition) is 4. The number of amides is 3. The zero-order valence-electron chi connectivity index (χ0n) is 18.1. The fourth-order valence-electron chi connectivity index (χ4n) is 3.73. The Labute approximate surface area is 200 Å². The van der Waals surface area contributed by atoms with Crippen LogP contribution in [-0.2, 0) is 20.9 Å². The minimum Gasteiger partial charge on any atom is -0.484 e. The smallest absolute Gasteiger partial charge is 0.261 e. The number of aryl methyl sites for hydroxylation is 1. The molecule has 0 radical (unpaired) electrons. The molecule has 0 N–H and O–H groups in total. The van der Waals surface area contributed by atoms with E-state index in [9.17, 15) is 14.4 Å². The maximum absolute atomic E-state index is 13.3. The molecule has 0 aliphatic carbocycles. The Hall–Kier alpha value is -3.45. The summed E-state index contributed by atoms with van der Waals surface area (Å²) in [6, 6.07) is 22.8. The fourth-order valence-corrected chi connectivity index (χ4v) is 3.99. The number of para-hydroxylation sites is 1. The SMILES string of the molecule is Cc1ccc(CN(C(=O)COc2ccccc2)C2CC(=O)N(c3ccc(Br)cc3)C2=O)cc1. The van der Waals surface area contributed by atoms with Crippen molar-refractivity contribution in [2.24, 2.45) is 0 Å². The second-order valence-electron chi connectivity index (χ2n) is 7.87. The van der Waals surface area contributed by atoms with Crippen molar-refractivity contribution in [3.8, 4) is 5.75 Å². The molecule has 0 bridgehead atoms. The van der Waals surface area contributed by atoms with Gasteiger partial charge in [-0.1, -0.05) is 64.0 Å². The predicted octanol–water partition coefficient (Wildman–Crippen LogP) is 4.50. The molecule has 168 valence electrons. The van der Waals surface area contributed by atoms with Gasteiger partial charge < -0.3 is 9.64 Å². The second kappa shape index (κ2) is 10.0. The van der Waals surface area contributed by atoms with Crippen LogP contribution in [0.1, 0.15) is 17.5 Å². The number of anilines is 1. The van der Waals surface area contributed by atoms with Gasteiger partial charge in [0.25, 0.3) is 11.8 Å². The van der Waals surface area contributed by atoms with Gasteiger partial charge in [-0.15, -0.1) is 0 Å². The van der Waals surface area contributed by atoms with Gasteiger partial charge in [0.15, 0.2) is 6.61 Å². The molecule has 1 unspecified atom stereocenters. The number of ether oxygens (including phenoxy) is 1. The highest BCUT2D eigenvalue weighted by Crippen LogP contribution is 2.28. The number of carbonyl (C=O) groups excluding carboxylic acids is 3. The summed E-state index contributed by atoms with van der Waals surface area (Å²) in [6.07, 6.45) is -0.0716. The first-order chi connectivity index (χ1) is 15.9. The van der Waals surface area contributed by atoms with Gasteiger partial charge in [0.1, 0.15) is 11.8 Å². The largest absolute Gasteiger partial charge is 0.484 e. The molecule has 33 heavy (non-hydrogen) atoms. The fraction of sp³-hybridized carbons (Fsp3) is 0.192. The lowest BCUT2D eigenvalue weighted by atomic mass is 10.1. The normalized spacial score (nSPS) is 15.6. The van der Waals surface area contributed by atoms with E-state index in [1.165, 1.54) is 4.90 Å². The van der Waals surface area contributed by atoms with Crippen LogP contribution in [0.25, 0.3) is 0 Å². The predicted molar refractivity (Wildman–Crippen MR) is 129 cm³/mol. The first kappa shape index (κ1) is 22.7. The monoisotopic (exact) mass is 506 g/mol. The molecule has 4 rings (SSSR count). The molecular formula is C26H23BrN2O4. The summed E-state index contributed by atoms with van der Waals surface area (Å²) in [5, 5.41) is 0. The van der Waals surface area contributed by atoms with Gasteiger partial charge in [-0.25, -0.2) is 4.90 Å². The molecule has 1 aliphatic heterocycles. The van der Waals surface area contributed by atoms with Gasteiger partial charge >= 0.3 is 0 Å². The molecule has 1 fully saturated rings. The number of nitrogens with zero attached hydrogens (tertiary/aromatic N) is 2. The number of hydrogen-bond donors (Lipinski definition) is 0. The van der Waals surface area contributed by atoms with Gasteiger partial charge in [0.2, 0.25) is 5.91 Å². The number of rotatable bonds is 7. The Balaban J connectivity index is 1.58. The zero-order chi connectivity index (χ0) is 23.4. The molecular weight excluding hydrogens is 484 g/mol. The number of benzene rings is 3. The molecule has 3 amide bonds. The summed E-state index contributed by atoms with van der Waals surface area (Å²) in [5.74, 6) is -0.546. The van der Waals surface area contributed by atoms with Gasteiger partial charge in [-0.3, -0.25) is 14.4 Å². The Kier molecular flexibility index (Phi) is 6.89. The Morgan fingerprint density at radius 3 is 2.33 bits per heavy atom. The molecule has 1 saturated heterocycles. The molecule has 1 aliphatic rings. The second-order valence-corrected chi connectivity index (χ2v) is 8.79. The molecule has 6 nitrogen and oxygen atoms in total. The van der Waals surface area contributed by atoms with Crippen LogP contribution in [0, 0.1) is 6.92 Å². The maximum atomic E-state index is 13.3. The van der Waals surface area contributed by atoms with Crippen LogP contribution in [-0.4, -0.2) is 35.3 Å². The van der Waals surface area contributed by atoms with Crippen LogP contribution in [0.3, 0.4) is 0 Å². The summed E-state index contributed by atoms with van der Waals surface area (Å²) in [4.78, 5) is 42.0. The third kappa shape index (κ3) is 5.31. The number of carbonyl (C=O) groups is 3. The van der Waals surface area contributed by atoms with Crippen LogP contribution in [0.5, 0.6) is 5.75 Å². The van der Waals surface area contributed by atoms with E-state index in [1.807, 2.05) is 49.4 Å². The van der Waals surface area contributed by atoms with E-state index < -0.39 is 11.9 Å². The van der Waals surface area contributed by atoms with E-state index in [0.29, 0.717) is 11.4 Å². The average Bonchev–Trinajstić information content (AvgIpc) is 3.12. The molecule has 1 heterocycles. The van der Waals surface area contributed by atoms with E-state index in [0.717, 1.165) is 20.5 Å². The third-order valence-electron chi connectivity index (χ3n) is 5.48. The third-order valence-corrected chi connectivity index (χ3v) is 6.01. The van der Waals surface area contributed by atoms with Crippen molar-refractivity contribution >= 4 is 39.3 Å². The molecule has 1 atom stereocenters. The van der Waals surface area contributed by atoms with Crippen molar-refractivity contribution in [1.29, 1.82) is 0 Å². The lowest BCUT2D eigenvalue weighted by Crippen LogP contribution is -2.46. The van der Waals surface area contributed by atoms with Crippen molar-refractivity contribution in [3.05, 3.63) is 94.5 Å². The van der Waals surface area contributed by atoms with Crippen LogP contribution in [0.2, 0.25) is 0 Å². The topological polar surface area (TPSA) is 66.9 Å². The summed E-state index contributed by atoms with van der Waals surface area (Å²) in [7, 11) is 0. The number of imide groups is 1.